The zero-order valence-electron chi connectivity index (χ0n) is 16.7. The quantitative estimate of drug-likeness (QED) is 0.246. The van der Waals surface area contributed by atoms with Crippen LogP contribution in [0.25, 0.3) is 0 Å². The normalized spacial score (nSPS) is 13.4. The summed E-state index contributed by atoms with van der Waals surface area (Å²) < 4.78 is 10.8. The zero-order chi connectivity index (χ0) is 19.6. The van der Waals surface area contributed by atoms with E-state index in [4.69, 9.17) is 9.15 Å². The number of amides is 1. The second-order valence-corrected chi connectivity index (χ2v) is 6.62. The summed E-state index contributed by atoms with van der Waals surface area (Å²) in [6.45, 7) is 2.78. The smallest absolute Gasteiger partial charge is 0.246 e. The summed E-state index contributed by atoms with van der Waals surface area (Å²) in [5.41, 5.74) is 2.26. The average Bonchev–Trinajstić information content (AvgIpc) is 3.25. The van der Waals surface area contributed by atoms with Gasteiger partial charge in [0.1, 0.15) is 12.4 Å². The molecule has 8 heteroatoms. The first-order valence-electron chi connectivity index (χ1n) is 9.71. The van der Waals surface area contributed by atoms with Crippen LogP contribution in [-0.4, -0.2) is 45.2 Å². The number of hydrogen-bond acceptors (Lipinski definition) is 4. The lowest BCUT2D eigenvalue weighted by atomic mass is 10.0. The van der Waals surface area contributed by atoms with Gasteiger partial charge in [-0.2, -0.15) is 0 Å². The number of carbonyl (C=O) groups is 1. The molecule has 0 radical (unpaired) electrons. The van der Waals surface area contributed by atoms with Crippen LogP contribution < -0.4 is 15.5 Å². The molecule has 158 valence electrons. The standard InChI is InChI=1S/C21H28N4O3.HI/c1-22-21(23-11-6-13-27-16-18-9-5-14-28-18)24-15-20(26)25-12-4-8-17-7-2-3-10-19(17)25;/h2-3,5,7,9-10,14H,4,6,8,11-13,15-16H2,1H3,(H2,22,23,24);1H. The van der Waals surface area contributed by atoms with Crippen molar-refractivity contribution in [2.45, 2.75) is 25.9 Å². The monoisotopic (exact) mass is 512 g/mol. The molecule has 0 saturated heterocycles. The first-order valence-corrected chi connectivity index (χ1v) is 9.71. The van der Waals surface area contributed by atoms with E-state index in [2.05, 4.69) is 21.7 Å². The molecular formula is C21H29IN4O3. The lowest BCUT2D eigenvalue weighted by molar-refractivity contribution is -0.117. The van der Waals surface area contributed by atoms with Crippen molar-refractivity contribution in [2.75, 3.05) is 38.2 Å². The Morgan fingerprint density at radius 2 is 2.10 bits per heavy atom. The maximum atomic E-state index is 12.7. The molecule has 2 N–H and O–H groups in total. The molecular weight excluding hydrogens is 483 g/mol. The van der Waals surface area contributed by atoms with Gasteiger partial charge in [0.05, 0.1) is 12.8 Å². The number of nitrogens with zero attached hydrogens (tertiary/aromatic N) is 2. The van der Waals surface area contributed by atoms with Crippen LogP contribution in [0.15, 0.2) is 52.1 Å². The van der Waals surface area contributed by atoms with E-state index in [0.717, 1.165) is 37.3 Å². The number of hydrogen-bond donors (Lipinski definition) is 2. The summed E-state index contributed by atoms with van der Waals surface area (Å²) in [5.74, 6) is 1.49. The van der Waals surface area contributed by atoms with E-state index in [0.29, 0.717) is 25.7 Å². The first kappa shape index (κ1) is 23.2. The number of para-hydroxylation sites is 1. The van der Waals surface area contributed by atoms with Crippen molar-refractivity contribution in [3.63, 3.8) is 0 Å². The van der Waals surface area contributed by atoms with E-state index in [9.17, 15) is 4.79 Å². The maximum Gasteiger partial charge on any atom is 0.246 e. The van der Waals surface area contributed by atoms with Gasteiger partial charge in [-0.15, -0.1) is 24.0 Å². The number of ether oxygens (including phenoxy) is 1. The Morgan fingerprint density at radius 1 is 1.24 bits per heavy atom. The number of guanidine groups is 1. The number of carbonyl (C=O) groups excluding carboxylic acids is 1. The van der Waals surface area contributed by atoms with Crippen LogP contribution in [0.4, 0.5) is 5.69 Å². The lowest BCUT2D eigenvalue weighted by Gasteiger charge is -2.29. The minimum Gasteiger partial charge on any atom is -0.467 e. The minimum absolute atomic E-state index is 0. The average molecular weight is 512 g/mol. The van der Waals surface area contributed by atoms with Crippen molar-refractivity contribution in [2.24, 2.45) is 4.99 Å². The van der Waals surface area contributed by atoms with Crippen LogP contribution in [0, 0.1) is 0 Å². The number of nitrogens with one attached hydrogen (secondary N) is 2. The van der Waals surface area contributed by atoms with E-state index in [1.165, 1.54) is 5.56 Å². The molecule has 1 aliphatic rings. The molecule has 2 heterocycles. The van der Waals surface area contributed by atoms with Gasteiger partial charge in [0.15, 0.2) is 5.96 Å². The summed E-state index contributed by atoms with van der Waals surface area (Å²) in [4.78, 5) is 18.7. The first-order chi connectivity index (χ1) is 13.8. The maximum absolute atomic E-state index is 12.7. The van der Waals surface area contributed by atoms with Gasteiger partial charge in [0, 0.05) is 32.4 Å². The van der Waals surface area contributed by atoms with Gasteiger partial charge in [0.25, 0.3) is 0 Å². The molecule has 7 nitrogen and oxygen atoms in total. The summed E-state index contributed by atoms with van der Waals surface area (Å²) >= 11 is 0. The number of anilines is 1. The van der Waals surface area contributed by atoms with Crippen molar-refractivity contribution in [3.8, 4) is 0 Å². The summed E-state index contributed by atoms with van der Waals surface area (Å²) in [7, 11) is 1.70. The van der Waals surface area contributed by atoms with Crippen LogP contribution in [0.3, 0.4) is 0 Å². The van der Waals surface area contributed by atoms with Gasteiger partial charge in [-0.05, 0) is 43.0 Å². The molecule has 1 aromatic carbocycles. The van der Waals surface area contributed by atoms with E-state index in [-0.39, 0.29) is 36.4 Å². The molecule has 1 aromatic heterocycles. The predicted octanol–water partition coefficient (Wildman–Crippen LogP) is 2.95. The number of rotatable bonds is 8. The highest BCUT2D eigenvalue weighted by molar-refractivity contribution is 14.0. The summed E-state index contributed by atoms with van der Waals surface area (Å²) in [5, 5.41) is 6.31. The van der Waals surface area contributed by atoms with Crippen LogP contribution >= 0.6 is 24.0 Å². The number of aryl methyl sites for hydroxylation is 1. The third-order valence-electron chi connectivity index (χ3n) is 4.62. The number of aliphatic imine (C=N–C) groups is 1. The molecule has 0 saturated carbocycles. The topological polar surface area (TPSA) is 79.1 Å². The molecule has 1 amide bonds. The Bertz CT molecular complexity index is 780. The molecule has 0 fully saturated rings. The minimum atomic E-state index is 0. The fraction of sp³-hybridized carbons (Fsp3) is 0.429. The van der Waals surface area contributed by atoms with Crippen molar-refractivity contribution in [3.05, 3.63) is 54.0 Å². The Balaban J connectivity index is 0.00000300. The van der Waals surface area contributed by atoms with E-state index in [1.807, 2.05) is 35.2 Å². The highest BCUT2D eigenvalue weighted by atomic mass is 127. The van der Waals surface area contributed by atoms with Crippen LogP contribution in [-0.2, 0) is 22.6 Å². The van der Waals surface area contributed by atoms with Gasteiger partial charge >= 0.3 is 0 Å². The Morgan fingerprint density at radius 3 is 2.90 bits per heavy atom. The van der Waals surface area contributed by atoms with Crippen molar-refractivity contribution >= 4 is 41.5 Å². The number of benzene rings is 1. The molecule has 0 spiro atoms. The van der Waals surface area contributed by atoms with Gasteiger partial charge < -0.3 is 24.7 Å². The molecule has 0 aliphatic carbocycles. The third kappa shape index (κ3) is 7.04. The van der Waals surface area contributed by atoms with Crippen LogP contribution in [0.1, 0.15) is 24.2 Å². The fourth-order valence-electron chi connectivity index (χ4n) is 3.22. The Kier molecular flexibility index (Phi) is 9.99. The molecule has 29 heavy (non-hydrogen) atoms. The van der Waals surface area contributed by atoms with Gasteiger partial charge in [-0.25, -0.2) is 0 Å². The largest absolute Gasteiger partial charge is 0.467 e. The molecule has 1 aliphatic heterocycles. The Hall–Kier alpha value is -2.07. The van der Waals surface area contributed by atoms with Crippen LogP contribution in [0.2, 0.25) is 0 Å². The van der Waals surface area contributed by atoms with Crippen LogP contribution in [0.5, 0.6) is 0 Å². The third-order valence-corrected chi connectivity index (χ3v) is 4.62. The molecule has 0 atom stereocenters. The number of fused-ring (bicyclic) bond motifs is 1. The molecule has 0 unspecified atom stereocenters. The van der Waals surface area contributed by atoms with Gasteiger partial charge in [-0.1, -0.05) is 18.2 Å². The van der Waals surface area contributed by atoms with Crippen molar-refractivity contribution in [1.82, 2.24) is 10.6 Å². The zero-order valence-corrected chi connectivity index (χ0v) is 19.1. The van der Waals surface area contributed by atoms with E-state index < -0.39 is 0 Å². The highest BCUT2D eigenvalue weighted by Gasteiger charge is 2.21. The molecule has 3 rings (SSSR count). The highest BCUT2D eigenvalue weighted by Crippen LogP contribution is 2.26. The second-order valence-electron chi connectivity index (χ2n) is 6.62. The molecule has 2 aromatic rings. The SMILES string of the molecule is CN=C(NCCCOCc1ccco1)NCC(=O)N1CCCc2ccccc21.I. The summed E-state index contributed by atoms with van der Waals surface area (Å²) in [6, 6.07) is 11.8. The number of halogens is 1. The summed E-state index contributed by atoms with van der Waals surface area (Å²) in [6.07, 6.45) is 4.49. The van der Waals surface area contributed by atoms with E-state index in [1.54, 1.807) is 13.3 Å². The van der Waals surface area contributed by atoms with Crippen molar-refractivity contribution in [1.29, 1.82) is 0 Å². The van der Waals surface area contributed by atoms with Gasteiger partial charge in [0.2, 0.25) is 5.91 Å². The molecule has 0 bridgehead atoms. The lowest BCUT2D eigenvalue weighted by Crippen LogP contribution is -2.46. The van der Waals surface area contributed by atoms with E-state index >= 15 is 0 Å². The Labute approximate surface area is 188 Å². The predicted molar refractivity (Wildman–Crippen MR) is 125 cm³/mol. The fourth-order valence-corrected chi connectivity index (χ4v) is 3.22. The number of furan rings is 1. The second kappa shape index (κ2) is 12.5. The van der Waals surface area contributed by atoms with Crippen molar-refractivity contribution < 1.29 is 13.9 Å². The van der Waals surface area contributed by atoms with Gasteiger partial charge in [-0.3, -0.25) is 9.79 Å².